The van der Waals surface area contributed by atoms with E-state index in [-0.39, 0.29) is 23.7 Å². The van der Waals surface area contributed by atoms with Crippen molar-refractivity contribution in [2.75, 3.05) is 7.11 Å². The number of nitrogens with zero attached hydrogens (tertiary/aromatic N) is 1. The highest BCUT2D eigenvalue weighted by molar-refractivity contribution is 6.46. The first-order valence-corrected chi connectivity index (χ1v) is 10.1. The van der Waals surface area contributed by atoms with Gasteiger partial charge in [0.25, 0.3) is 11.7 Å². The van der Waals surface area contributed by atoms with Gasteiger partial charge in [0.2, 0.25) is 0 Å². The molecule has 0 radical (unpaired) electrons. The Morgan fingerprint density at radius 2 is 1.75 bits per heavy atom. The van der Waals surface area contributed by atoms with E-state index < -0.39 is 17.7 Å². The number of ketones is 1. The Kier molecular flexibility index (Phi) is 5.77. The van der Waals surface area contributed by atoms with Crippen LogP contribution in [0.3, 0.4) is 0 Å². The Hall–Kier alpha value is -3.93. The number of methoxy groups -OCH3 is 1. The number of amides is 1. The molecule has 1 heterocycles. The molecule has 3 aromatic rings. The molecule has 0 saturated carbocycles. The Morgan fingerprint density at radius 3 is 2.44 bits per heavy atom. The van der Waals surface area contributed by atoms with Crippen LogP contribution in [-0.4, -0.2) is 28.8 Å². The fraction of sp³-hybridized carbons (Fsp3) is 0.154. The maximum absolute atomic E-state index is 13.4. The summed E-state index contributed by atoms with van der Waals surface area (Å²) >= 11 is 0. The molecule has 5 nitrogen and oxygen atoms in total. The monoisotopic (exact) mass is 431 g/mol. The number of hydrogen-bond acceptors (Lipinski definition) is 4. The Bertz CT molecular complexity index is 1220. The number of aryl methyl sites for hydroxylation is 1. The van der Waals surface area contributed by atoms with Crippen LogP contribution in [0.1, 0.15) is 28.3 Å². The molecule has 1 N–H and O–H groups in total. The van der Waals surface area contributed by atoms with Crippen molar-refractivity contribution in [1.29, 1.82) is 0 Å². The highest BCUT2D eigenvalue weighted by Crippen LogP contribution is 2.40. The second-order valence-electron chi connectivity index (χ2n) is 7.70. The van der Waals surface area contributed by atoms with Crippen molar-refractivity contribution in [3.05, 3.63) is 106 Å². The molecule has 1 amide bonds. The van der Waals surface area contributed by atoms with E-state index in [2.05, 4.69) is 0 Å². The van der Waals surface area contributed by atoms with Crippen LogP contribution in [0, 0.1) is 12.7 Å². The molecule has 1 atom stereocenters. The molecule has 32 heavy (non-hydrogen) atoms. The molecular weight excluding hydrogens is 409 g/mol. The Morgan fingerprint density at radius 1 is 1.03 bits per heavy atom. The first-order valence-electron chi connectivity index (χ1n) is 10.1. The number of hydrogen-bond donors (Lipinski definition) is 1. The SMILES string of the molecule is COc1cccc(/C(O)=C2/C(=O)C(=O)N(Cc3ccc(F)cc3)C2c2cccc(C)c2)c1. The molecule has 1 aliphatic heterocycles. The molecule has 162 valence electrons. The molecule has 0 bridgehead atoms. The lowest BCUT2D eigenvalue weighted by molar-refractivity contribution is -0.140. The van der Waals surface area contributed by atoms with Crippen molar-refractivity contribution < 1.29 is 23.8 Å². The molecule has 0 aliphatic carbocycles. The molecule has 1 fully saturated rings. The summed E-state index contributed by atoms with van der Waals surface area (Å²) in [7, 11) is 1.51. The first kappa shape index (κ1) is 21.3. The molecule has 0 aromatic heterocycles. The third-order valence-electron chi connectivity index (χ3n) is 5.51. The van der Waals surface area contributed by atoms with Gasteiger partial charge in [0.15, 0.2) is 0 Å². The number of ether oxygens (including phenoxy) is 1. The third-order valence-corrected chi connectivity index (χ3v) is 5.51. The van der Waals surface area contributed by atoms with Crippen LogP contribution in [-0.2, 0) is 16.1 Å². The standard InChI is InChI=1S/C26H22FNO4/c1-16-5-3-6-18(13-16)23-22(24(29)19-7-4-8-21(14-19)32-2)25(30)26(31)28(23)15-17-9-11-20(27)12-10-17/h3-14,23,29H,15H2,1-2H3/b24-22-. The number of aliphatic hydroxyl groups is 1. The Labute approximate surface area is 185 Å². The molecule has 3 aromatic carbocycles. The van der Waals surface area contributed by atoms with E-state index in [1.807, 2.05) is 31.2 Å². The summed E-state index contributed by atoms with van der Waals surface area (Å²) in [6, 6.07) is 19.1. The second kappa shape index (κ2) is 8.67. The minimum atomic E-state index is -0.786. The molecule has 4 rings (SSSR count). The van der Waals surface area contributed by atoms with Crippen molar-refractivity contribution in [1.82, 2.24) is 4.90 Å². The predicted octanol–water partition coefficient (Wildman–Crippen LogP) is 4.76. The summed E-state index contributed by atoms with van der Waals surface area (Å²) in [6.07, 6.45) is 0. The van der Waals surface area contributed by atoms with Crippen LogP contribution in [0.4, 0.5) is 4.39 Å². The van der Waals surface area contributed by atoms with E-state index in [0.717, 1.165) is 5.56 Å². The van der Waals surface area contributed by atoms with Crippen LogP contribution in [0.25, 0.3) is 5.76 Å². The van der Waals surface area contributed by atoms with Crippen LogP contribution in [0.2, 0.25) is 0 Å². The lowest BCUT2D eigenvalue weighted by Gasteiger charge is -2.25. The largest absolute Gasteiger partial charge is 0.507 e. The zero-order valence-electron chi connectivity index (χ0n) is 17.7. The van der Waals surface area contributed by atoms with E-state index in [9.17, 15) is 19.1 Å². The van der Waals surface area contributed by atoms with Gasteiger partial charge in [-0.15, -0.1) is 0 Å². The number of Topliss-reactive ketones (excluding diaryl/α,β-unsaturated/α-hetero) is 1. The van der Waals surface area contributed by atoms with Gasteiger partial charge in [0.05, 0.1) is 18.7 Å². The quantitative estimate of drug-likeness (QED) is 0.359. The van der Waals surface area contributed by atoms with Gasteiger partial charge in [-0.3, -0.25) is 9.59 Å². The molecule has 0 spiro atoms. The van der Waals surface area contributed by atoms with Gasteiger partial charge in [-0.05, 0) is 42.3 Å². The summed E-state index contributed by atoms with van der Waals surface area (Å²) in [5, 5.41) is 11.1. The summed E-state index contributed by atoms with van der Waals surface area (Å²) in [5.41, 5.74) is 2.72. The zero-order valence-corrected chi connectivity index (χ0v) is 17.7. The van der Waals surface area contributed by atoms with Gasteiger partial charge in [-0.2, -0.15) is 0 Å². The average molecular weight is 431 g/mol. The van der Waals surface area contributed by atoms with Crippen molar-refractivity contribution in [2.24, 2.45) is 0 Å². The highest BCUT2D eigenvalue weighted by atomic mass is 19.1. The molecule has 6 heteroatoms. The lowest BCUT2D eigenvalue weighted by atomic mass is 9.94. The van der Waals surface area contributed by atoms with Crippen molar-refractivity contribution in [2.45, 2.75) is 19.5 Å². The number of aliphatic hydroxyl groups excluding tert-OH is 1. The maximum Gasteiger partial charge on any atom is 0.295 e. The number of carbonyl (C=O) groups is 2. The summed E-state index contributed by atoms with van der Waals surface area (Å²) in [4.78, 5) is 27.6. The van der Waals surface area contributed by atoms with Gasteiger partial charge in [-0.25, -0.2) is 4.39 Å². The number of likely N-dealkylation sites (tertiary alicyclic amines) is 1. The third kappa shape index (κ3) is 3.99. The van der Waals surface area contributed by atoms with Gasteiger partial charge in [0, 0.05) is 12.1 Å². The molecule has 1 unspecified atom stereocenters. The van der Waals surface area contributed by atoms with E-state index in [1.54, 1.807) is 36.4 Å². The summed E-state index contributed by atoms with van der Waals surface area (Å²) in [6.45, 7) is 2.01. The smallest absolute Gasteiger partial charge is 0.295 e. The maximum atomic E-state index is 13.4. The predicted molar refractivity (Wildman–Crippen MR) is 118 cm³/mol. The molecule has 1 aliphatic rings. The van der Waals surface area contributed by atoms with Gasteiger partial charge >= 0.3 is 0 Å². The van der Waals surface area contributed by atoms with Gasteiger partial charge < -0.3 is 14.7 Å². The van der Waals surface area contributed by atoms with Crippen molar-refractivity contribution >= 4 is 17.4 Å². The lowest BCUT2D eigenvalue weighted by Crippen LogP contribution is -2.29. The zero-order chi connectivity index (χ0) is 22.8. The fourth-order valence-electron chi connectivity index (χ4n) is 3.94. The van der Waals surface area contributed by atoms with Crippen molar-refractivity contribution in [3.63, 3.8) is 0 Å². The molecule has 1 saturated heterocycles. The fourth-order valence-corrected chi connectivity index (χ4v) is 3.94. The number of carbonyl (C=O) groups excluding carboxylic acids is 2. The van der Waals surface area contributed by atoms with Gasteiger partial charge in [0.1, 0.15) is 17.3 Å². The summed E-state index contributed by atoms with van der Waals surface area (Å²) < 4.78 is 18.6. The first-order chi connectivity index (χ1) is 15.4. The van der Waals surface area contributed by atoms with Crippen molar-refractivity contribution in [3.8, 4) is 5.75 Å². The summed E-state index contributed by atoms with van der Waals surface area (Å²) in [5.74, 6) is -1.62. The minimum absolute atomic E-state index is 0.0102. The van der Waals surface area contributed by atoms with E-state index in [1.165, 1.54) is 24.1 Å². The minimum Gasteiger partial charge on any atom is -0.507 e. The van der Waals surface area contributed by atoms with Crippen LogP contribution >= 0.6 is 0 Å². The van der Waals surface area contributed by atoms with E-state index >= 15 is 0 Å². The van der Waals surface area contributed by atoms with Crippen LogP contribution < -0.4 is 4.74 Å². The average Bonchev–Trinajstić information content (AvgIpc) is 3.05. The number of benzene rings is 3. The van der Waals surface area contributed by atoms with Gasteiger partial charge in [-0.1, -0.05) is 54.1 Å². The topological polar surface area (TPSA) is 66.8 Å². The number of halogens is 1. The highest BCUT2D eigenvalue weighted by Gasteiger charge is 2.46. The Balaban J connectivity index is 1.86. The van der Waals surface area contributed by atoms with Crippen LogP contribution in [0.5, 0.6) is 5.75 Å². The number of rotatable bonds is 5. The van der Waals surface area contributed by atoms with E-state index in [4.69, 9.17) is 4.74 Å². The van der Waals surface area contributed by atoms with Crippen LogP contribution in [0.15, 0.2) is 78.4 Å². The van der Waals surface area contributed by atoms with E-state index in [0.29, 0.717) is 22.4 Å². The normalized spacial score (nSPS) is 17.6. The second-order valence-corrected chi connectivity index (χ2v) is 7.70. The molecular formula is C26H22FNO4.